The van der Waals surface area contributed by atoms with Crippen LogP contribution in [0.3, 0.4) is 0 Å². The first-order valence-electron chi connectivity index (χ1n) is 3.66. The second-order valence-corrected chi connectivity index (χ2v) is 4.91. The molecule has 0 saturated heterocycles. The average Bonchev–Trinajstić information content (AvgIpc) is 2.46. The molecular weight excluding hydrogens is 194 g/mol. The normalized spacial score (nSPS) is 11.8. The smallest absolute Gasteiger partial charge is 0.164 e. The minimum atomic E-state index is -2.98. The third-order valence-electron chi connectivity index (χ3n) is 1.46. The van der Waals surface area contributed by atoms with E-state index in [1.54, 1.807) is 0 Å². The van der Waals surface area contributed by atoms with Crippen molar-refractivity contribution >= 4 is 9.84 Å². The molecule has 0 aromatic carbocycles. The number of aromatic nitrogens is 4. The Balaban J connectivity index is 2.64. The zero-order valence-electron chi connectivity index (χ0n) is 7.21. The molecule has 8 heteroatoms. The van der Waals surface area contributed by atoms with Crippen molar-refractivity contribution in [2.24, 2.45) is 5.73 Å². The minimum Gasteiger partial charge on any atom is -0.324 e. The zero-order chi connectivity index (χ0) is 9.90. The maximum atomic E-state index is 10.8. The van der Waals surface area contributed by atoms with Gasteiger partial charge in [0.05, 0.1) is 18.8 Å². The van der Waals surface area contributed by atoms with E-state index in [2.05, 4.69) is 15.5 Å². The van der Waals surface area contributed by atoms with Crippen LogP contribution in [0.5, 0.6) is 0 Å². The predicted octanol–water partition coefficient (Wildman–Crippen LogP) is -1.82. The van der Waals surface area contributed by atoms with Crippen molar-refractivity contribution in [1.82, 2.24) is 20.2 Å². The Kier molecular flexibility index (Phi) is 2.94. The number of tetrazole rings is 1. The summed E-state index contributed by atoms with van der Waals surface area (Å²) in [6.45, 7) is 0.454. The summed E-state index contributed by atoms with van der Waals surface area (Å²) >= 11 is 0. The van der Waals surface area contributed by atoms with Gasteiger partial charge in [0.15, 0.2) is 5.82 Å². The predicted molar refractivity (Wildman–Crippen MR) is 45.4 cm³/mol. The molecule has 0 aliphatic heterocycles. The summed E-state index contributed by atoms with van der Waals surface area (Å²) in [4.78, 5) is 0. The summed E-state index contributed by atoms with van der Waals surface area (Å²) in [7, 11) is -2.98. The third kappa shape index (κ3) is 3.07. The van der Waals surface area contributed by atoms with E-state index in [0.29, 0.717) is 5.82 Å². The zero-order valence-corrected chi connectivity index (χ0v) is 8.03. The van der Waals surface area contributed by atoms with Gasteiger partial charge >= 0.3 is 0 Å². The van der Waals surface area contributed by atoms with E-state index < -0.39 is 9.84 Å². The van der Waals surface area contributed by atoms with Gasteiger partial charge < -0.3 is 5.73 Å². The van der Waals surface area contributed by atoms with Crippen molar-refractivity contribution in [1.29, 1.82) is 0 Å². The van der Waals surface area contributed by atoms with Crippen LogP contribution < -0.4 is 5.73 Å². The number of aryl methyl sites for hydroxylation is 1. The summed E-state index contributed by atoms with van der Waals surface area (Å²) in [5.74, 6) is 0.508. The molecule has 0 spiro atoms. The lowest BCUT2D eigenvalue weighted by Crippen LogP contribution is -2.16. The van der Waals surface area contributed by atoms with Crippen LogP contribution in [-0.2, 0) is 22.9 Å². The maximum Gasteiger partial charge on any atom is 0.164 e. The van der Waals surface area contributed by atoms with Gasteiger partial charge in [-0.25, -0.2) is 13.1 Å². The van der Waals surface area contributed by atoms with Crippen LogP contribution in [-0.4, -0.2) is 40.6 Å². The number of rotatable bonds is 4. The lowest BCUT2D eigenvalue weighted by molar-refractivity contribution is 0.569. The van der Waals surface area contributed by atoms with Crippen molar-refractivity contribution in [2.75, 3.05) is 12.0 Å². The monoisotopic (exact) mass is 205 g/mol. The summed E-state index contributed by atoms with van der Waals surface area (Å²) in [5, 5.41) is 10.6. The van der Waals surface area contributed by atoms with Gasteiger partial charge in [0.2, 0.25) is 0 Å². The summed E-state index contributed by atoms with van der Waals surface area (Å²) in [5.41, 5.74) is 5.32. The van der Waals surface area contributed by atoms with Gasteiger partial charge in [-0.2, -0.15) is 0 Å². The lowest BCUT2D eigenvalue weighted by Gasteiger charge is -2.00. The number of hydrogen-bond donors (Lipinski definition) is 1. The Bertz CT molecular complexity index is 370. The summed E-state index contributed by atoms with van der Waals surface area (Å²) in [6.07, 6.45) is 1.17. The van der Waals surface area contributed by atoms with E-state index >= 15 is 0 Å². The van der Waals surface area contributed by atoms with E-state index in [0.717, 1.165) is 0 Å². The number of sulfone groups is 1. The van der Waals surface area contributed by atoms with Crippen LogP contribution in [0.15, 0.2) is 0 Å². The van der Waals surface area contributed by atoms with Gasteiger partial charge in [-0.15, -0.1) is 5.10 Å². The first kappa shape index (κ1) is 10.1. The van der Waals surface area contributed by atoms with Gasteiger partial charge in [0.1, 0.15) is 9.84 Å². The average molecular weight is 205 g/mol. The molecule has 1 aromatic rings. The Morgan fingerprint density at radius 3 is 2.77 bits per heavy atom. The van der Waals surface area contributed by atoms with E-state index in [9.17, 15) is 8.42 Å². The number of hydrogen-bond acceptors (Lipinski definition) is 6. The second kappa shape index (κ2) is 3.79. The summed E-state index contributed by atoms with van der Waals surface area (Å²) < 4.78 is 23.0. The fraction of sp³-hybridized carbons (Fsp3) is 0.800. The van der Waals surface area contributed by atoms with Crippen LogP contribution >= 0.6 is 0 Å². The van der Waals surface area contributed by atoms with Crippen molar-refractivity contribution < 1.29 is 8.42 Å². The van der Waals surface area contributed by atoms with Crippen LogP contribution in [0, 0.1) is 0 Å². The molecular formula is C5H11N5O2S. The molecule has 0 saturated carbocycles. The van der Waals surface area contributed by atoms with Gasteiger partial charge in [0, 0.05) is 6.26 Å². The van der Waals surface area contributed by atoms with Gasteiger partial charge in [0.25, 0.3) is 0 Å². The molecule has 0 unspecified atom stereocenters. The molecule has 0 amide bonds. The highest BCUT2D eigenvalue weighted by Crippen LogP contribution is 1.92. The van der Waals surface area contributed by atoms with E-state index in [-0.39, 0.29) is 18.8 Å². The molecule has 0 aliphatic carbocycles. The van der Waals surface area contributed by atoms with Crippen LogP contribution in [0.1, 0.15) is 5.82 Å². The van der Waals surface area contributed by atoms with Crippen molar-refractivity contribution in [3.8, 4) is 0 Å². The number of nitrogens with two attached hydrogens (primary N) is 1. The van der Waals surface area contributed by atoms with Gasteiger partial charge in [-0.1, -0.05) is 0 Å². The molecule has 74 valence electrons. The molecule has 1 rings (SSSR count). The highest BCUT2D eigenvalue weighted by molar-refractivity contribution is 7.90. The highest BCUT2D eigenvalue weighted by atomic mass is 32.2. The molecule has 7 nitrogen and oxygen atoms in total. The molecule has 1 heterocycles. The van der Waals surface area contributed by atoms with Crippen LogP contribution in [0.25, 0.3) is 0 Å². The first-order valence-corrected chi connectivity index (χ1v) is 5.72. The Labute approximate surface area is 75.8 Å². The van der Waals surface area contributed by atoms with E-state index in [1.807, 2.05) is 0 Å². The fourth-order valence-corrected chi connectivity index (χ4v) is 1.30. The Hall–Kier alpha value is -1.02. The minimum absolute atomic E-state index is 0.0189. The molecule has 1 aromatic heterocycles. The number of nitrogens with zero attached hydrogens (tertiary/aromatic N) is 4. The molecule has 0 fully saturated rings. The lowest BCUT2D eigenvalue weighted by atomic mass is 10.6. The standard InChI is InChI=1S/C5H11N5O2S/c1-13(11,12)3-2-10-5(4-6)7-8-9-10/h2-4,6H2,1H3. The molecule has 0 bridgehead atoms. The summed E-state index contributed by atoms with van der Waals surface area (Å²) in [6, 6.07) is 0. The SMILES string of the molecule is CS(=O)(=O)CCn1nnnc1CN. The van der Waals surface area contributed by atoms with Crippen LogP contribution in [0.2, 0.25) is 0 Å². The third-order valence-corrected chi connectivity index (χ3v) is 2.39. The topological polar surface area (TPSA) is 104 Å². The molecule has 2 N–H and O–H groups in total. The van der Waals surface area contributed by atoms with Crippen LogP contribution in [0.4, 0.5) is 0 Å². The Morgan fingerprint density at radius 1 is 1.54 bits per heavy atom. The van der Waals surface area contributed by atoms with E-state index in [1.165, 1.54) is 10.9 Å². The van der Waals surface area contributed by atoms with Crippen molar-refractivity contribution in [2.45, 2.75) is 13.1 Å². The Morgan fingerprint density at radius 2 is 2.23 bits per heavy atom. The molecule has 0 radical (unpaired) electrons. The van der Waals surface area contributed by atoms with Gasteiger partial charge in [-0.05, 0) is 10.4 Å². The maximum absolute atomic E-state index is 10.8. The molecule has 13 heavy (non-hydrogen) atoms. The quantitative estimate of drug-likeness (QED) is 0.620. The first-order chi connectivity index (χ1) is 6.03. The van der Waals surface area contributed by atoms with Gasteiger partial charge in [-0.3, -0.25) is 0 Å². The molecule has 0 atom stereocenters. The van der Waals surface area contributed by atoms with E-state index in [4.69, 9.17) is 5.73 Å². The highest BCUT2D eigenvalue weighted by Gasteiger charge is 2.07. The molecule has 0 aliphatic rings. The van der Waals surface area contributed by atoms with Crippen molar-refractivity contribution in [3.05, 3.63) is 5.82 Å². The fourth-order valence-electron chi connectivity index (χ4n) is 0.795. The second-order valence-electron chi connectivity index (χ2n) is 2.65. The van der Waals surface area contributed by atoms with Crippen molar-refractivity contribution in [3.63, 3.8) is 0 Å². The largest absolute Gasteiger partial charge is 0.324 e.